The highest BCUT2D eigenvalue weighted by molar-refractivity contribution is 9.10. The highest BCUT2D eigenvalue weighted by Gasteiger charge is 2.50. The third kappa shape index (κ3) is 23.3. The summed E-state index contributed by atoms with van der Waals surface area (Å²) in [6, 6.07) is 49.0. The van der Waals surface area contributed by atoms with Gasteiger partial charge in [0.05, 0.1) is 42.1 Å². The minimum atomic E-state index is -0.546. The van der Waals surface area contributed by atoms with Gasteiger partial charge in [0.25, 0.3) is 5.69 Å². The smallest absolute Gasteiger partial charge is 0.288 e. The lowest BCUT2D eigenvalue weighted by atomic mass is 9.97. The van der Waals surface area contributed by atoms with Crippen LogP contribution in [-0.4, -0.2) is 131 Å². The SMILES string of the molecule is CC1(C)Cn2cc(O)c(=O)cc2CN1Cc1ccccc1Cl.O=c1cc2n(cc1O)CCN(C1(c3ccccc3)CC1)C2.O=c1cc2n(cc1O)CCN(Cc1cc([N+](=O)[O-])c(Cl)cc1Cl)C2.O=c1cc2n(cc1O)CCN(Cc1ccc(Br)cc1Cl)C2.O=c1cc2n(cc1O)CCN(Cc1ccc(C3CC3)cc1Cl)C2.O=c1cc2n(cc1O)CCN(Cc1ccc(F)cc1)C2. The fraction of sp³-hybridized carbons (Fsp3) is 0.320. The normalized spacial score (nSPS) is 16.6. The van der Waals surface area contributed by atoms with Crippen LogP contribution in [0.15, 0.2) is 234 Å². The lowest BCUT2D eigenvalue weighted by Crippen LogP contribution is -2.50. The van der Waals surface area contributed by atoms with Crippen LogP contribution in [0.1, 0.15) is 119 Å². The van der Waals surface area contributed by atoms with Gasteiger partial charge in [-0.3, -0.25) is 68.3 Å². The zero-order valence-electron chi connectivity index (χ0n) is 71.9. The Morgan fingerprint density at radius 1 is 0.397 bits per heavy atom. The van der Waals surface area contributed by atoms with E-state index in [9.17, 15) is 73.9 Å². The molecule has 20 rings (SSSR count). The summed E-state index contributed by atoms with van der Waals surface area (Å²) in [4.78, 5) is 93.5. The van der Waals surface area contributed by atoms with E-state index < -0.39 is 10.4 Å². The fourth-order valence-corrected chi connectivity index (χ4v) is 19.1. The van der Waals surface area contributed by atoms with Gasteiger partial charge in [-0.15, -0.1) is 0 Å². The minimum absolute atomic E-state index is 0.000216. The number of benzene rings is 6. The molecule has 0 amide bonds. The Morgan fingerprint density at radius 3 is 1.22 bits per heavy atom. The summed E-state index contributed by atoms with van der Waals surface area (Å²) in [7, 11) is 0. The third-order valence-electron chi connectivity index (χ3n) is 25.0. The first-order valence-electron chi connectivity index (χ1n) is 43.0. The molecule has 6 N–H and O–H groups in total. The summed E-state index contributed by atoms with van der Waals surface area (Å²) < 4.78 is 25.4. The van der Waals surface area contributed by atoms with Gasteiger partial charge in [-0.05, 0) is 127 Å². The van der Waals surface area contributed by atoms with Crippen LogP contribution in [-0.2, 0) is 117 Å². The van der Waals surface area contributed by atoms with E-state index in [4.69, 9.17) is 58.0 Å². The fourth-order valence-electron chi connectivity index (χ4n) is 17.4. The molecule has 8 aliphatic rings. The number of hydrogen-bond acceptors (Lipinski definition) is 20. The number of halogens is 7. The molecule has 2 aliphatic carbocycles. The van der Waals surface area contributed by atoms with E-state index in [0.29, 0.717) is 75.4 Å². The highest BCUT2D eigenvalue weighted by atomic mass is 79.9. The molecule has 6 aromatic heterocycles. The Labute approximate surface area is 786 Å². The summed E-state index contributed by atoms with van der Waals surface area (Å²) in [6.07, 6.45) is 14.0. The third-order valence-corrected chi connectivity index (χ3v) is 27.2. The topological polar surface area (TPSA) is 316 Å². The van der Waals surface area contributed by atoms with E-state index in [0.717, 1.165) is 161 Å². The maximum absolute atomic E-state index is 12.9. The van der Waals surface area contributed by atoms with E-state index in [1.807, 2.05) is 80.8 Å². The zero-order valence-corrected chi connectivity index (χ0v) is 77.3. The molecule has 2 saturated carbocycles. The van der Waals surface area contributed by atoms with Crippen molar-refractivity contribution < 1.29 is 40.0 Å². The van der Waals surface area contributed by atoms with Crippen molar-refractivity contribution in [2.75, 3.05) is 32.7 Å². The van der Waals surface area contributed by atoms with Crippen LogP contribution in [0.5, 0.6) is 34.5 Å². The second-order valence-corrected chi connectivity index (χ2v) is 37.7. The maximum atomic E-state index is 12.9. The van der Waals surface area contributed by atoms with Gasteiger partial charge in [0.1, 0.15) is 10.8 Å². The van der Waals surface area contributed by atoms with Crippen molar-refractivity contribution in [2.45, 2.75) is 168 Å². The Kier molecular flexibility index (Phi) is 29.5. The highest BCUT2D eigenvalue weighted by Crippen LogP contribution is 2.52. The number of fused-ring (bicyclic) bond motifs is 6. The number of hydrogen-bond donors (Lipinski definition) is 6. The molecule has 12 aromatic rings. The molecular weight excluding hydrogens is 1850 g/mol. The largest absolute Gasteiger partial charge is 0.503 e. The van der Waals surface area contributed by atoms with Crippen molar-refractivity contribution in [3.05, 3.63) is 381 Å². The quantitative estimate of drug-likeness (QED) is 0.0435. The first-order chi connectivity index (χ1) is 62.6. The molecule has 6 aliphatic heterocycles. The molecule has 6 aromatic carbocycles. The summed E-state index contributed by atoms with van der Waals surface area (Å²) in [5.41, 5.74) is 10.9. The number of nitro groups is 1. The summed E-state index contributed by atoms with van der Waals surface area (Å²) in [5.74, 6) is -0.730. The molecule has 0 spiro atoms. The first kappa shape index (κ1) is 94.5. The molecule has 0 bridgehead atoms. The number of pyridine rings is 6. The lowest BCUT2D eigenvalue weighted by molar-refractivity contribution is -0.384. The predicted octanol–water partition coefficient (Wildman–Crippen LogP) is 15.6. The van der Waals surface area contributed by atoms with Crippen LogP contribution in [0.4, 0.5) is 10.1 Å². The summed E-state index contributed by atoms with van der Waals surface area (Å²) >= 11 is 34.4. The summed E-state index contributed by atoms with van der Waals surface area (Å²) in [6.45, 7) is 20.1. The number of rotatable bonds is 14. The van der Waals surface area contributed by atoms with Crippen LogP contribution >= 0.6 is 73.9 Å². The van der Waals surface area contributed by atoms with Crippen LogP contribution in [0.2, 0.25) is 25.1 Å². The second-order valence-electron chi connectivity index (χ2n) is 34.7. The molecule has 0 atom stereocenters. The van der Waals surface area contributed by atoms with Crippen LogP contribution < -0.4 is 32.6 Å². The van der Waals surface area contributed by atoms with Crippen molar-refractivity contribution in [1.29, 1.82) is 0 Å². The number of nitrogens with zero attached hydrogens (tertiary/aromatic N) is 13. The molecule has 684 valence electrons. The van der Waals surface area contributed by atoms with Gasteiger partial charge in [0.15, 0.2) is 34.5 Å². The summed E-state index contributed by atoms with van der Waals surface area (Å²) in [5, 5.41) is 70.8. The van der Waals surface area contributed by atoms with Gasteiger partial charge in [-0.25, -0.2) is 4.39 Å². The van der Waals surface area contributed by atoms with Crippen molar-refractivity contribution >= 4 is 79.6 Å². The van der Waals surface area contributed by atoms with Gasteiger partial charge in [-0.2, -0.15) is 0 Å². The average molecular weight is 1950 g/mol. The zero-order chi connectivity index (χ0) is 92.9. The van der Waals surface area contributed by atoms with Crippen LogP contribution in [0.25, 0.3) is 0 Å². The number of aromatic hydroxyl groups is 6. The predicted molar refractivity (Wildman–Crippen MR) is 505 cm³/mol. The second kappa shape index (κ2) is 40.9. The molecule has 0 saturated heterocycles. The van der Waals surface area contributed by atoms with Gasteiger partial charge in [-0.1, -0.05) is 153 Å². The molecule has 34 heteroatoms. The molecule has 0 radical (unpaired) electrons. The van der Waals surface area contributed by atoms with Crippen molar-refractivity contribution in [1.82, 2.24) is 56.8 Å². The van der Waals surface area contributed by atoms with E-state index in [-0.39, 0.29) is 89.2 Å². The van der Waals surface area contributed by atoms with E-state index in [1.54, 1.807) is 24.4 Å². The molecule has 2 fully saturated rings. The minimum Gasteiger partial charge on any atom is -0.503 e. The van der Waals surface area contributed by atoms with Gasteiger partial charge >= 0.3 is 0 Å². The van der Waals surface area contributed by atoms with Gasteiger partial charge in [0, 0.05) is 256 Å². The number of nitro benzene ring substituents is 1. The number of aromatic nitrogens is 6. The van der Waals surface area contributed by atoms with E-state index in [2.05, 4.69) is 96.7 Å². The molecule has 27 nitrogen and oxygen atoms in total. The Hall–Kier alpha value is -11.2. The van der Waals surface area contributed by atoms with Crippen LogP contribution in [0, 0.1) is 15.9 Å². The Balaban J connectivity index is 0.000000120. The van der Waals surface area contributed by atoms with E-state index >= 15 is 0 Å². The van der Waals surface area contributed by atoms with E-state index in [1.165, 1.54) is 122 Å². The molecule has 131 heavy (non-hydrogen) atoms. The molecule has 0 unspecified atom stereocenters. The van der Waals surface area contributed by atoms with Crippen molar-refractivity contribution in [2.24, 2.45) is 0 Å². The maximum Gasteiger partial charge on any atom is 0.288 e. The average Bonchev–Trinajstić information content (AvgIpc) is 1.58. The van der Waals surface area contributed by atoms with Gasteiger partial charge in [0.2, 0.25) is 32.6 Å². The standard InChI is InChI=1S/C18H19ClN2O2.C17H19ClN2O2.C17H18N2O2.C15H14BrClN2O2.C15H13Cl2N3O4.C15H15FN2O2/c19-16-7-13(12-1-2-12)3-4-14(16)9-20-5-6-21-11-18(23)17(22)8-15(21)10-20;1-17(2)11-19-10-16(22)15(21)7-13(19)9-20(17)8-12-5-3-4-6-14(12)18;20-15-10-14-11-19(9-8-18(14)12-16(15)21)17(6-7-17)13-4-2-1-3-5-13;16-11-2-1-10(13(17)5-11)7-18-3-4-19-9-15(21)14(20)6-12(19)8-18;16-11-5-12(17)13(20(23)24)3-9(11)6-18-1-2-19-8-15(22)14(21)4-10(19)7-18;16-12-3-1-11(2-4-12)8-17-5-6-18-10-15(20)14(19)7-13(18)9-17/h3-4,7-8,11-12,23H,1-2,5-6,9-10H2;3-7,10,22H,8-9,11H2,1-2H3;1-5,10,12,21H,6-9,11H2;1-2,5-6,9,21H,3-4,7-8H2;3-5,8,22H,1-2,6-7H2;1-4,7,10,20H,5-6,8-9H2. The van der Waals surface area contributed by atoms with Gasteiger partial charge < -0.3 is 58.0 Å². The molecular formula is C97H98BrCl5FN13O14. The Morgan fingerprint density at radius 2 is 0.786 bits per heavy atom. The lowest BCUT2D eigenvalue weighted by Gasteiger charge is -2.44. The monoisotopic (exact) mass is 1940 g/mol. The molecule has 12 heterocycles. The Bertz CT molecular complexity index is 6670. The van der Waals surface area contributed by atoms with Crippen molar-refractivity contribution in [3.63, 3.8) is 0 Å². The van der Waals surface area contributed by atoms with Crippen molar-refractivity contribution in [3.8, 4) is 34.5 Å². The first-order valence-corrected chi connectivity index (χ1v) is 45.6. The van der Waals surface area contributed by atoms with Crippen LogP contribution in [0.3, 0.4) is 0 Å².